The first-order valence-electron chi connectivity index (χ1n) is 7.10. The van der Waals surface area contributed by atoms with Crippen molar-refractivity contribution >= 4 is 5.78 Å². The zero-order chi connectivity index (χ0) is 13.3. The highest BCUT2D eigenvalue weighted by atomic mass is 16.5. The fourth-order valence-corrected chi connectivity index (χ4v) is 5.01. The minimum absolute atomic E-state index is 0.156. The number of benzene rings is 1. The van der Waals surface area contributed by atoms with Crippen LogP contribution in [0.5, 0.6) is 5.75 Å². The summed E-state index contributed by atoms with van der Waals surface area (Å²) in [5.41, 5.74) is -0.0997. The number of fused-ring (bicyclic) bond motifs is 2. The van der Waals surface area contributed by atoms with Crippen molar-refractivity contribution in [1.29, 1.82) is 0 Å². The molecule has 4 rings (SSSR count). The molecule has 0 heterocycles. The number of hydrogen-bond donors (Lipinski definition) is 1. The summed E-state index contributed by atoms with van der Waals surface area (Å²) in [5.74, 6) is 1.17. The first kappa shape index (κ1) is 11.5. The highest BCUT2D eigenvalue weighted by Gasteiger charge is 2.71. The number of carbonyl (C=O) groups is 1. The van der Waals surface area contributed by atoms with Gasteiger partial charge in [0.15, 0.2) is 5.78 Å². The van der Waals surface area contributed by atoms with Crippen LogP contribution in [0.3, 0.4) is 0 Å². The normalized spacial score (nSPS) is 39.1. The summed E-state index contributed by atoms with van der Waals surface area (Å²) in [7, 11) is 1.61. The van der Waals surface area contributed by atoms with Gasteiger partial charge in [0.1, 0.15) is 11.4 Å². The summed E-state index contributed by atoms with van der Waals surface area (Å²) in [6.45, 7) is 0. The Kier molecular flexibility index (Phi) is 2.05. The molecule has 19 heavy (non-hydrogen) atoms. The minimum atomic E-state index is -0.993. The molecule has 0 radical (unpaired) electrons. The Morgan fingerprint density at radius 1 is 1.32 bits per heavy atom. The lowest BCUT2D eigenvalue weighted by molar-refractivity contribution is -0.0478. The fraction of sp³-hybridized carbons (Fsp3) is 0.562. The van der Waals surface area contributed by atoms with Gasteiger partial charge >= 0.3 is 0 Å². The number of ketones is 1. The van der Waals surface area contributed by atoms with Crippen molar-refractivity contribution in [2.75, 3.05) is 7.11 Å². The molecule has 3 aliphatic carbocycles. The van der Waals surface area contributed by atoms with Gasteiger partial charge in [-0.15, -0.1) is 0 Å². The first-order valence-corrected chi connectivity index (χ1v) is 7.10. The molecular formula is C16H18O3. The second kappa shape index (κ2) is 3.40. The third-order valence-electron chi connectivity index (χ3n) is 5.72. The van der Waals surface area contributed by atoms with Crippen LogP contribution in [0.25, 0.3) is 0 Å². The van der Waals surface area contributed by atoms with Gasteiger partial charge in [-0.25, -0.2) is 0 Å². The molecule has 100 valence electrons. The number of rotatable bonds is 1. The van der Waals surface area contributed by atoms with E-state index in [9.17, 15) is 9.90 Å². The monoisotopic (exact) mass is 258 g/mol. The number of Topliss-reactive ketones (excluding diaryl/α,β-unsaturated/α-hetero) is 1. The molecule has 0 unspecified atom stereocenters. The quantitative estimate of drug-likeness (QED) is 0.842. The lowest BCUT2D eigenvalue weighted by Crippen LogP contribution is -2.42. The smallest absolute Gasteiger partial charge is 0.173 e. The Morgan fingerprint density at radius 3 is 2.95 bits per heavy atom. The fourth-order valence-electron chi connectivity index (χ4n) is 5.01. The molecule has 3 nitrogen and oxygen atoms in total. The van der Waals surface area contributed by atoms with Crippen LogP contribution in [0.2, 0.25) is 0 Å². The van der Waals surface area contributed by atoms with E-state index in [0.717, 1.165) is 31.2 Å². The van der Waals surface area contributed by atoms with Crippen LogP contribution in [0.4, 0.5) is 0 Å². The lowest BCUT2D eigenvalue weighted by atomic mass is 9.70. The van der Waals surface area contributed by atoms with Gasteiger partial charge in [0.25, 0.3) is 0 Å². The number of ether oxygens (including phenoxy) is 1. The summed E-state index contributed by atoms with van der Waals surface area (Å²) in [6, 6.07) is 5.55. The van der Waals surface area contributed by atoms with Gasteiger partial charge < -0.3 is 9.84 Å². The van der Waals surface area contributed by atoms with E-state index in [1.165, 1.54) is 0 Å². The lowest BCUT2D eigenvalue weighted by Gasteiger charge is -2.35. The highest BCUT2D eigenvalue weighted by molar-refractivity contribution is 6.08. The minimum Gasteiger partial charge on any atom is -0.496 e. The van der Waals surface area contributed by atoms with E-state index in [1.54, 1.807) is 7.11 Å². The van der Waals surface area contributed by atoms with E-state index in [2.05, 4.69) is 0 Å². The Balaban J connectivity index is 2.03. The van der Waals surface area contributed by atoms with Crippen LogP contribution in [-0.4, -0.2) is 18.0 Å². The van der Waals surface area contributed by atoms with Crippen molar-refractivity contribution < 1.29 is 14.6 Å². The topological polar surface area (TPSA) is 46.5 Å². The summed E-state index contributed by atoms with van der Waals surface area (Å²) in [4.78, 5) is 12.9. The number of aliphatic hydroxyl groups is 1. The van der Waals surface area contributed by atoms with E-state index < -0.39 is 11.0 Å². The number of methoxy groups -OCH3 is 1. The van der Waals surface area contributed by atoms with Crippen molar-refractivity contribution in [1.82, 2.24) is 0 Å². The molecule has 2 fully saturated rings. The van der Waals surface area contributed by atoms with E-state index >= 15 is 0 Å². The van der Waals surface area contributed by atoms with Crippen LogP contribution in [0, 0.1) is 11.3 Å². The molecule has 1 aromatic carbocycles. The summed E-state index contributed by atoms with van der Waals surface area (Å²) >= 11 is 0. The van der Waals surface area contributed by atoms with E-state index in [-0.39, 0.29) is 5.78 Å². The third kappa shape index (κ3) is 1.04. The molecule has 0 bridgehead atoms. The summed E-state index contributed by atoms with van der Waals surface area (Å²) < 4.78 is 5.41. The zero-order valence-electron chi connectivity index (χ0n) is 11.1. The molecule has 1 spiro atoms. The van der Waals surface area contributed by atoms with Crippen LogP contribution in [-0.2, 0) is 5.60 Å². The van der Waals surface area contributed by atoms with Crippen molar-refractivity contribution in [2.24, 2.45) is 11.3 Å². The van der Waals surface area contributed by atoms with Gasteiger partial charge in [-0.3, -0.25) is 4.79 Å². The van der Waals surface area contributed by atoms with Crippen molar-refractivity contribution in [3.05, 3.63) is 29.3 Å². The average Bonchev–Trinajstić information content (AvgIpc) is 3.02. The predicted octanol–water partition coefficient (Wildman–Crippen LogP) is 2.66. The second-order valence-corrected chi connectivity index (χ2v) is 6.17. The van der Waals surface area contributed by atoms with Gasteiger partial charge in [0, 0.05) is 11.1 Å². The van der Waals surface area contributed by atoms with Gasteiger partial charge in [0.05, 0.1) is 12.5 Å². The van der Waals surface area contributed by atoms with E-state index in [4.69, 9.17) is 4.74 Å². The molecule has 0 amide bonds. The Morgan fingerprint density at radius 2 is 2.16 bits per heavy atom. The van der Waals surface area contributed by atoms with Gasteiger partial charge in [0.2, 0.25) is 0 Å². The molecule has 3 aliphatic rings. The summed E-state index contributed by atoms with van der Waals surface area (Å²) in [6.07, 6.45) is 4.60. The second-order valence-electron chi connectivity index (χ2n) is 6.17. The van der Waals surface area contributed by atoms with Crippen LogP contribution >= 0.6 is 0 Å². The van der Waals surface area contributed by atoms with Gasteiger partial charge in [-0.1, -0.05) is 18.6 Å². The number of hydrogen-bond acceptors (Lipinski definition) is 3. The van der Waals surface area contributed by atoms with Gasteiger partial charge in [-0.2, -0.15) is 0 Å². The Bertz CT molecular complexity index is 579. The maximum Gasteiger partial charge on any atom is 0.173 e. The van der Waals surface area contributed by atoms with Crippen LogP contribution in [0.1, 0.15) is 48.0 Å². The van der Waals surface area contributed by atoms with Crippen molar-refractivity contribution in [3.63, 3.8) is 0 Å². The van der Waals surface area contributed by atoms with E-state index in [0.29, 0.717) is 23.7 Å². The molecular weight excluding hydrogens is 240 g/mol. The van der Waals surface area contributed by atoms with Crippen LogP contribution < -0.4 is 4.74 Å². The molecule has 0 aliphatic heterocycles. The Hall–Kier alpha value is -1.35. The van der Waals surface area contributed by atoms with Gasteiger partial charge in [-0.05, 0) is 37.7 Å². The standard InChI is InChI=1S/C16H18O3/c1-19-12-6-2-5-11-13(12)16(18)9-7-10-4-3-8-15(10,16)14(11)17/h2,5-6,10,18H,3-4,7-9H2,1H3/t10-,15-,16-/m0/s1. The molecule has 1 N–H and O–H groups in total. The largest absolute Gasteiger partial charge is 0.496 e. The third-order valence-corrected chi connectivity index (χ3v) is 5.72. The van der Waals surface area contributed by atoms with Crippen LogP contribution in [0.15, 0.2) is 18.2 Å². The maximum absolute atomic E-state index is 12.9. The zero-order valence-corrected chi connectivity index (χ0v) is 11.1. The Labute approximate surface area is 112 Å². The SMILES string of the molecule is COc1cccc2c1[C@@]1(O)CC[C@@H]3CCC[C@@]31C2=O. The molecule has 0 saturated heterocycles. The van der Waals surface area contributed by atoms with Crippen molar-refractivity contribution in [2.45, 2.75) is 37.7 Å². The summed E-state index contributed by atoms with van der Waals surface area (Å²) in [5, 5.41) is 11.3. The average molecular weight is 258 g/mol. The van der Waals surface area contributed by atoms with E-state index in [1.807, 2.05) is 18.2 Å². The number of carbonyl (C=O) groups excluding carboxylic acids is 1. The molecule has 2 saturated carbocycles. The molecule has 1 aromatic rings. The molecule has 3 heteroatoms. The predicted molar refractivity (Wildman–Crippen MR) is 70.2 cm³/mol. The first-order chi connectivity index (χ1) is 9.15. The van der Waals surface area contributed by atoms with Crippen molar-refractivity contribution in [3.8, 4) is 5.75 Å². The molecule has 0 aromatic heterocycles. The maximum atomic E-state index is 12.9. The highest BCUT2D eigenvalue weighted by Crippen LogP contribution is 2.69. The molecule has 3 atom stereocenters.